The summed E-state index contributed by atoms with van der Waals surface area (Å²) in [5.74, 6) is -0.413. The van der Waals surface area contributed by atoms with E-state index in [1.165, 1.54) is 11.3 Å². The largest absolute Gasteiger partial charge is 0.449 e. The van der Waals surface area contributed by atoms with E-state index in [2.05, 4.69) is 20.3 Å². The van der Waals surface area contributed by atoms with Gasteiger partial charge in [0.2, 0.25) is 0 Å². The Morgan fingerprint density at radius 1 is 1.13 bits per heavy atom. The van der Waals surface area contributed by atoms with E-state index < -0.39 is 18.0 Å². The van der Waals surface area contributed by atoms with E-state index in [-0.39, 0.29) is 0 Å². The van der Waals surface area contributed by atoms with Crippen LogP contribution in [-0.2, 0) is 9.53 Å². The molecule has 0 bridgehead atoms. The third kappa shape index (κ3) is 4.08. The maximum absolute atomic E-state index is 12.9. The van der Waals surface area contributed by atoms with Gasteiger partial charge >= 0.3 is 5.97 Å². The molecule has 0 radical (unpaired) electrons. The summed E-state index contributed by atoms with van der Waals surface area (Å²) in [5.41, 5.74) is 3.46. The maximum atomic E-state index is 12.9. The molecule has 0 aliphatic carbocycles. The number of carbonyl (C=O) groups is 2. The standard InChI is InChI=1S/C22H20N4O3S/c1-3-18(20(27)26-22-23-13(2)12-30-22)29-21(28)15-9-5-4-8-14(15)19-24-16-10-6-7-11-17(16)25-19/h4-12,18H,3H2,1-2H3,(H,24,25)(H,23,26,27). The molecule has 1 unspecified atom stereocenters. The van der Waals surface area contributed by atoms with Crippen LogP contribution in [0.5, 0.6) is 0 Å². The number of ether oxygens (including phenoxy) is 1. The van der Waals surface area contributed by atoms with Crippen molar-refractivity contribution in [1.29, 1.82) is 0 Å². The van der Waals surface area contributed by atoms with E-state index in [9.17, 15) is 9.59 Å². The number of nitrogens with one attached hydrogen (secondary N) is 2. The van der Waals surface area contributed by atoms with Crippen molar-refractivity contribution in [3.8, 4) is 11.4 Å². The fourth-order valence-corrected chi connectivity index (χ4v) is 3.75. The number of amides is 1. The van der Waals surface area contributed by atoms with Crippen LogP contribution in [0.1, 0.15) is 29.4 Å². The molecule has 0 saturated carbocycles. The smallest absolute Gasteiger partial charge is 0.339 e. The molecule has 4 aromatic rings. The van der Waals surface area contributed by atoms with Gasteiger partial charge in [-0.3, -0.25) is 10.1 Å². The Morgan fingerprint density at radius 3 is 2.63 bits per heavy atom. The van der Waals surface area contributed by atoms with Gasteiger partial charge in [0.25, 0.3) is 5.91 Å². The molecule has 2 aromatic carbocycles. The molecule has 152 valence electrons. The van der Waals surface area contributed by atoms with Crippen molar-refractivity contribution in [1.82, 2.24) is 15.0 Å². The van der Waals surface area contributed by atoms with Gasteiger partial charge in [0.15, 0.2) is 11.2 Å². The van der Waals surface area contributed by atoms with Crippen LogP contribution in [0.4, 0.5) is 5.13 Å². The predicted octanol–water partition coefficient (Wildman–Crippen LogP) is 4.57. The first-order chi connectivity index (χ1) is 14.5. The summed E-state index contributed by atoms with van der Waals surface area (Å²) < 4.78 is 5.55. The Labute approximate surface area is 177 Å². The molecule has 30 heavy (non-hydrogen) atoms. The average Bonchev–Trinajstić information content (AvgIpc) is 3.37. The monoisotopic (exact) mass is 420 g/mol. The minimum atomic E-state index is -0.926. The molecule has 7 nitrogen and oxygen atoms in total. The number of aromatic amines is 1. The first kappa shape index (κ1) is 19.8. The summed E-state index contributed by atoms with van der Waals surface area (Å²) in [7, 11) is 0. The predicted molar refractivity (Wildman–Crippen MR) is 117 cm³/mol. The zero-order chi connectivity index (χ0) is 21.1. The number of fused-ring (bicyclic) bond motifs is 1. The van der Waals surface area contributed by atoms with Crippen LogP contribution < -0.4 is 5.32 Å². The SMILES string of the molecule is CCC(OC(=O)c1ccccc1-c1nc2ccccc2[nH]1)C(=O)Nc1nc(C)cs1. The number of hydrogen-bond donors (Lipinski definition) is 2. The van der Waals surface area contributed by atoms with Crippen LogP contribution in [0.15, 0.2) is 53.9 Å². The number of para-hydroxylation sites is 2. The Hall–Kier alpha value is -3.52. The minimum Gasteiger partial charge on any atom is -0.449 e. The highest BCUT2D eigenvalue weighted by atomic mass is 32.1. The molecule has 2 N–H and O–H groups in total. The molecule has 2 aromatic heterocycles. The number of rotatable bonds is 6. The van der Waals surface area contributed by atoms with Crippen molar-refractivity contribution in [2.75, 3.05) is 5.32 Å². The summed E-state index contributed by atoms with van der Waals surface area (Å²) in [6.07, 6.45) is -0.584. The zero-order valence-electron chi connectivity index (χ0n) is 16.5. The number of nitrogens with zero attached hydrogens (tertiary/aromatic N) is 2. The van der Waals surface area contributed by atoms with Crippen molar-refractivity contribution in [3.63, 3.8) is 0 Å². The van der Waals surface area contributed by atoms with E-state index in [1.54, 1.807) is 25.1 Å². The zero-order valence-corrected chi connectivity index (χ0v) is 17.3. The summed E-state index contributed by atoms with van der Waals surface area (Å²) >= 11 is 1.33. The molecule has 0 aliphatic rings. The van der Waals surface area contributed by atoms with E-state index >= 15 is 0 Å². The number of benzene rings is 2. The number of H-pyrrole nitrogens is 1. The molecule has 0 fully saturated rings. The lowest BCUT2D eigenvalue weighted by molar-refractivity contribution is -0.124. The first-order valence-electron chi connectivity index (χ1n) is 9.53. The summed E-state index contributed by atoms with van der Waals surface area (Å²) in [6.45, 7) is 3.63. The van der Waals surface area contributed by atoms with Crippen molar-refractivity contribution in [3.05, 3.63) is 65.2 Å². The minimum absolute atomic E-state index is 0.341. The average molecular weight is 420 g/mol. The van der Waals surface area contributed by atoms with Crippen LogP contribution in [-0.4, -0.2) is 32.9 Å². The van der Waals surface area contributed by atoms with Crippen LogP contribution in [0.2, 0.25) is 0 Å². The lowest BCUT2D eigenvalue weighted by Crippen LogP contribution is -2.32. The number of aromatic nitrogens is 3. The molecular formula is C22H20N4O3S. The van der Waals surface area contributed by atoms with Gasteiger partial charge in [0.05, 0.1) is 22.3 Å². The van der Waals surface area contributed by atoms with Gasteiger partial charge in [0.1, 0.15) is 5.82 Å². The van der Waals surface area contributed by atoms with E-state index in [4.69, 9.17) is 4.74 Å². The quantitative estimate of drug-likeness (QED) is 0.446. The van der Waals surface area contributed by atoms with Gasteiger partial charge in [-0.05, 0) is 31.5 Å². The van der Waals surface area contributed by atoms with Gasteiger partial charge < -0.3 is 9.72 Å². The summed E-state index contributed by atoms with van der Waals surface area (Å²) in [5, 5.41) is 5.03. The fraction of sp³-hybridized carbons (Fsp3) is 0.182. The highest BCUT2D eigenvalue weighted by Gasteiger charge is 2.25. The Balaban J connectivity index is 1.56. The Morgan fingerprint density at radius 2 is 1.90 bits per heavy atom. The van der Waals surface area contributed by atoms with Crippen LogP contribution in [0.3, 0.4) is 0 Å². The topological polar surface area (TPSA) is 97.0 Å². The van der Waals surface area contributed by atoms with Crippen molar-refractivity contribution in [2.45, 2.75) is 26.4 Å². The molecule has 1 atom stereocenters. The fourth-order valence-electron chi connectivity index (χ4n) is 3.06. The maximum Gasteiger partial charge on any atom is 0.339 e. The van der Waals surface area contributed by atoms with Crippen LogP contribution in [0.25, 0.3) is 22.4 Å². The summed E-state index contributed by atoms with van der Waals surface area (Å²) in [4.78, 5) is 37.5. The van der Waals surface area contributed by atoms with Crippen molar-refractivity contribution < 1.29 is 14.3 Å². The number of carbonyl (C=O) groups excluding carboxylic acids is 2. The van der Waals surface area contributed by atoms with Crippen LogP contribution in [0, 0.1) is 6.92 Å². The Kier molecular flexibility index (Phi) is 5.58. The number of aryl methyl sites for hydroxylation is 1. The highest BCUT2D eigenvalue weighted by molar-refractivity contribution is 7.13. The van der Waals surface area contributed by atoms with E-state index in [0.717, 1.165) is 16.7 Å². The first-order valence-corrected chi connectivity index (χ1v) is 10.4. The lowest BCUT2D eigenvalue weighted by atomic mass is 10.1. The number of imidazole rings is 1. The molecule has 0 aliphatic heterocycles. The number of hydrogen-bond acceptors (Lipinski definition) is 6. The van der Waals surface area contributed by atoms with E-state index in [1.807, 2.05) is 42.6 Å². The van der Waals surface area contributed by atoms with Gasteiger partial charge in [-0.2, -0.15) is 0 Å². The second-order valence-corrected chi connectivity index (χ2v) is 7.59. The molecule has 2 heterocycles. The molecular weight excluding hydrogens is 400 g/mol. The third-order valence-corrected chi connectivity index (χ3v) is 5.43. The van der Waals surface area contributed by atoms with Gasteiger partial charge in [0, 0.05) is 10.9 Å². The summed E-state index contributed by atoms with van der Waals surface area (Å²) in [6, 6.07) is 14.7. The lowest BCUT2D eigenvalue weighted by Gasteiger charge is -2.16. The molecule has 4 rings (SSSR count). The second-order valence-electron chi connectivity index (χ2n) is 6.73. The van der Waals surface area contributed by atoms with Gasteiger partial charge in [-0.25, -0.2) is 14.8 Å². The number of thiazole rings is 1. The molecule has 1 amide bonds. The van der Waals surface area contributed by atoms with Gasteiger partial charge in [-0.15, -0.1) is 11.3 Å². The van der Waals surface area contributed by atoms with E-state index in [0.29, 0.717) is 28.5 Å². The molecule has 8 heteroatoms. The van der Waals surface area contributed by atoms with Crippen molar-refractivity contribution >= 4 is 39.4 Å². The van der Waals surface area contributed by atoms with Crippen LogP contribution >= 0.6 is 11.3 Å². The third-order valence-electron chi connectivity index (χ3n) is 4.55. The normalized spacial score (nSPS) is 11.9. The second kappa shape index (κ2) is 8.46. The highest BCUT2D eigenvalue weighted by Crippen LogP contribution is 2.25. The number of anilines is 1. The molecule has 0 spiro atoms. The number of esters is 1. The molecule has 0 saturated heterocycles. The van der Waals surface area contributed by atoms with Crippen molar-refractivity contribution in [2.24, 2.45) is 0 Å². The Bertz CT molecular complexity index is 1180. The van der Waals surface area contributed by atoms with Gasteiger partial charge in [-0.1, -0.05) is 37.3 Å².